The molecule has 1 unspecified atom stereocenters. The largest absolute Gasteiger partial charge is 0.369 e. The lowest BCUT2D eigenvalue weighted by Gasteiger charge is -2.13. The van der Waals surface area contributed by atoms with Gasteiger partial charge in [-0.25, -0.2) is 0 Å². The van der Waals surface area contributed by atoms with Crippen LogP contribution in [-0.4, -0.2) is 27.6 Å². The molecule has 0 bridgehead atoms. The lowest BCUT2D eigenvalue weighted by atomic mass is 10.0. The topological polar surface area (TPSA) is 114 Å². The van der Waals surface area contributed by atoms with Crippen molar-refractivity contribution in [2.45, 2.75) is 33.1 Å². The lowest BCUT2D eigenvalue weighted by molar-refractivity contribution is -0.119. The number of ketones is 1. The molecule has 2 rings (SSSR count). The van der Waals surface area contributed by atoms with Gasteiger partial charge in [0.05, 0.1) is 11.5 Å². The molecule has 0 saturated carbocycles. The Morgan fingerprint density at radius 3 is 2.28 bits per heavy atom. The Morgan fingerprint density at radius 2 is 1.72 bits per heavy atom. The highest BCUT2D eigenvalue weighted by molar-refractivity contribution is 7.80. The van der Waals surface area contributed by atoms with Crippen molar-refractivity contribution in [2.75, 3.05) is 0 Å². The van der Waals surface area contributed by atoms with Crippen LogP contribution in [0.2, 0.25) is 0 Å². The first-order chi connectivity index (χ1) is 13.8. The number of pyridine rings is 1. The number of nitrogens with one attached hydrogen (secondary N) is 2. The minimum Gasteiger partial charge on any atom is -0.369 e. The van der Waals surface area contributed by atoms with Crippen LogP contribution in [0.1, 0.15) is 58.7 Å². The van der Waals surface area contributed by atoms with Gasteiger partial charge in [0.1, 0.15) is 10.7 Å². The SMILES string of the molecule is CCCCc1ccc(C(=O)c2ccc(C(=O)NNC(=S)C(C)C(N)=O)cn2)cc1. The number of primary amides is 1. The highest BCUT2D eigenvalue weighted by atomic mass is 32.1. The van der Waals surface area contributed by atoms with Crippen LogP contribution in [0.25, 0.3) is 0 Å². The van der Waals surface area contributed by atoms with Crippen molar-refractivity contribution in [3.05, 3.63) is 65.0 Å². The molecule has 8 heteroatoms. The molecule has 0 aliphatic heterocycles. The van der Waals surface area contributed by atoms with Crippen LogP contribution in [-0.2, 0) is 11.2 Å². The number of rotatable bonds is 8. The number of hydrogen-bond donors (Lipinski definition) is 3. The third-order valence-corrected chi connectivity index (χ3v) is 4.87. The van der Waals surface area contributed by atoms with E-state index in [1.807, 2.05) is 12.1 Å². The molecule has 0 aliphatic carbocycles. The van der Waals surface area contributed by atoms with Gasteiger partial charge in [0.15, 0.2) is 0 Å². The molecule has 29 heavy (non-hydrogen) atoms. The number of benzene rings is 1. The number of aryl methyl sites for hydroxylation is 1. The van der Waals surface area contributed by atoms with Crippen molar-refractivity contribution in [1.82, 2.24) is 15.8 Å². The van der Waals surface area contributed by atoms with Crippen LogP contribution in [0.5, 0.6) is 0 Å². The lowest BCUT2D eigenvalue weighted by Crippen LogP contribution is -2.45. The monoisotopic (exact) mass is 412 g/mol. The Kier molecular flexibility index (Phi) is 7.97. The number of hydrogen-bond acceptors (Lipinski definition) is 5. The number of unbranched alkanes of at least 4 members (excludes halogenated alkanes) is 1. The molecule has 7 nitrogen and oxygen atoms in total. The van der Waals surface area contributed by atoms with E-state index >= 15 is 0 Å². The van der Waals surface area contributed by atoms with Gasteiger partial charge >= 0.3 is 0 Å². The summed E-state index contributed by atoms with van der Waals surface area (Å²) in [5.74, 6) is -2.03. The predicted molar refractivity (Wildman–Crippen MR) is 114 cm³/mol. The van der Waals surface area contributed by atoms with Crippen LogP contribution in [0, 0.1) is 5.92 Å². The number of carbonyl (C=O) groups is 3. The molecule has 0 radical (unpaired) electrons. The smallest absolute Gasteiger partial charge is 0.271 e. The molecule has 4 N–H and O–H groups in total. The van der Waals surface area contributed by atoms with Crippen LogP contribution in [0.4, 0.5) is 0 Å². The molecule has 1 aromatic carbocycles. The van der Waals surface area contributed by atoms with E-state index in [0.717, 1.165) is 19.3 Å². The number of thiocarbonyl (C=S) groups is 1. The van der Waals surface area contributed by atoms with Crippen molar-refractivity contribution < 1.29 is 14.4 Å². The molecule has 2 aromatic rings. The zero-order valence-electron chi connectivity index (χ0n) is 16.4. The average molecular weight is 413 g/mol. The van der Waals surface area contributed by atoms with E-state index in [1.54, 1.807) is 12.1 Å². The van der Waals surface area contributed by atoms with E-state index in [1.165, 1.54) is 30.8 Å². The van der Waals surface area contributed by atoms with Crippen LogP contribution < -0.4 is 16.6 Å². The predicted octanol–water partition coefficient (Wildman–Crippen LogP) is 2.34. The highest BCUT2D eigenvalue weighted by Crippen LogP contribution is 2.12. The van der Waals surface area contributed by atoms with Gasteiger partial charge in [-0.15, -0.1) is 0 Å². The maximum Gasteiger partial charge on any atom is 0.271 e. The minimum absolute atomic E-state index is 0.105. The number of carbonyl (C=O) groups excluding carboxylic acids is 3. The van der Waals surface area contributed by atoms with Crippen LogP contribution in [0.3, 0.4) is 0 Å². The number of aromatic nitrogens is 1. The Labute approximate surface area is 175 Å². The molecule has 1 atom stereocenters. The molecular weight excluding hydrogens is 388 g/mol. The molecule has 0 fully saturated rings. The van der Waals surface area contributed by atoms with Gasteiger partial charge in [0.25, 0.3) is 5.91 Å². The number of hydrazine groups is 1. The first-order valence-corrected chi connectivity index (χ1v) is 9.73. The fraction of sp³-hybridized carbons (Fsp3) is 0.286. The number of nitrogens with two attached hydrogens (primary N) is 1. The Morgan fingerprint density at radius 1 is 1.07 bits per heavy atom. The number of nitrogens with zero attached hydrogens (tertiary/aromatic N) is 1. The summed E-state index contributed by atoms with van der Waals surface area (Å²) in [7, 11) is 0. The summed E-state index contributed by atoms with van der Waals surface area (Å²) in [6, 6.07) is 10.5. The Balaban J connectivity index is 1.98. The van der Waals surface area contributed by atoms with Crippen LogP contribution in [0.15, 0.2) is 42.6 Å². The summed E-state index contributed by atoms with van der Waals surface area (Å²) < 4.78 is 0. The zero-order chi connectivity index (χ0) is 21.4. The normalized spacial score (nSPS) is 11.4. The highest BCUT2D eigenvalue weighted by Gasteiger charge is 2.16. The first kappa shape index (κ1) is 22.2. The van der Waals surface area contributed by atoms with E-state index in [9.17, 15) is 14.4 Å². The average Bonchev–Trinajstić information content (AvgIpc) is 2.75. The quantitative estimate of drug-likeness (QED) is 0.348. The van der Waals surface area contributed by atoms with Gasteiger partial charge in [-0.2, -0.15) is 0 Å². The van der Waals surface area contributed by atoms with E-state index in [2.05, 4.69) is 22.8 Å². The maximum atomic E-state index is 12.6. The molecule has 0 aliphatic rings. The molecule has 1 heterocycles. The fourth-order valence-electron chi connectivity index (χ4n) is 2.44. The second kappa shape index (κ2) is 10.4. The van der Waals surface area contributed by atoms with Gasteiger partial charge in [-0.1, -0.05) is 49.8 Å². The molecule has 152 valence electrons. The standard InChI is InChI=1S/C21H24N4O3S/c1-3-4-5-14-6-8-15(9-7-14)18(26)17-11-10-16(12-23-17)20(28)24-25-21(29)13(2)19(22)27/h6-13H,3-5H2,1-2H3,(H2,22,27)(H,24,28)(H,25,29). The molecule has 1 aromatic heterocycles. The van der Waals surface area contributed by atoms with Crippen molar-refractivity contribution in [1.29, 1.82) is 0 Å². The molecule has 2 amide bonds. The summed E-state index contributed by atoms with van der Waals surface area (Å²) in [6.07, 6.45) is 4.53. The summed E-state index contributed by atoms with van der Waals surface area (Å²) in [5.41, 5.74) is 12.2. The van der Waals surface area contributed by atoms with Crippen molar-refractivity contribution >= 4 is 34.8 Å². The van der Waals surface area contributed by atoms with Gasteiger partial charge in [0.2, 0.25) is 11.7 Å². The second-order valence-electron chi connectivity index (χ2n) is 6.63. The maximum absolute atomic E-state index is 12.6. The van der Waals surface area contributed by atoms with Crippen molar-refractivity contribution in [2.24, 2.45) is 11.7 Å². The van der Waals surface area contributed by atoms with Gasteiger partial charge < -0.3 is 5.73 Å². The third-order valence-electron chi connectivity index (χ3n) is 4.41. The van der Waals surface area contributed by atoms with Gasteiger partial charge in [-0.05, 0) is 37.5 Å². The zero-order valence-corrected chi connectivity index (χ0v) is 17.2. The van der Waals surface area contributed by atoms with E-state index in [4.69, 9.17) is 18.0 Å². The summed E-state index contributed by atoms with van der Waals surface area (Å²) in [5, 5.41) is 0. The van der Waals surface area contributed by atoms with Crippen molar-refractivity contribution in [3.8, 4) is 0 Å². The van der Waals surface area contributed by atoms with E-state index < -0.39 is 17.7 Å². The number of amides is 2. The van der Waals surface area contributed by atoms with Crippen LogP contribution >= 0.6 is 12.2 Å². The summed E-state index contributed by atoms with van der Waals surface area (Å²) >= 11 is 4.98. The Bertz CT molecular complexity index is 895. The Hall–Kier alpha value is -3.13. The molecular formula is C21H24N4O3S. The van der Waals surface area contributed by atoms with E-state index in [-0.39, 0.29) is 22.0 Å². The minimum atomic E-state index is -0.711. The third kappa shape index (κ3) is 6.18. The molecule has 0 spiro atoms. The van der Waals surface area contributed by atoms with Crippen molar-refractivity contribution in [3.63, 3.8) is 0 Å². The van der Waals surface area contributed by atoms with Gasteiger partial charge in [0, 0.05) is 11.8 Å². The summed E-state index contributed by atoms with van der Waals surface area (Å²) in [4.78, 5) is 40.0. The van der Waals surface area contributed by atoms with Gasteiger partial charge in [-0.3, -0.25) is 30.2 Å². The summed E-state index contributed by atoms with van der Waals surface area (Å²) in [6.45, 7) is 3.67. The fourth-order valence-corrected chi connectivity index (χ4v) is 2.61. The van der Waals surface area contributed by atoms with E-state index in [0.29, 0.717) is 5.56 Å². The molecule has 0 saturated heterocycles. The first-order valence-electron chi connectivity index (χ1n) is 9.32. The second-order valence-corrected chi connectivity index (χ2v) is 7.07.